The molecule has 7 nitrogen and oxygen atoms in total. The van der Waals surface area contributed by atoms with Crippen molar-refractivity contribution in [2.45, 2.75) is 6.54 Å². The van der Waals surface area contributed by atoms with Crippen LogP contribution in [0.25, 0.3) is 11.3 Å². The monoisotopic (exact) mass is 496 g/mol. The molecule has 0 atom stereocenters. The fourth-order valence-electron chi connectivity index (χ4n) is 4.46. The number of amides is 1. The first-order valence-corrected chi connectivity index (χ1v) is 12.2. The molecule has 0 radical (unpaired) electrons. The molecule has 0 spiro atoms. The van der Waals surface area contributed by atoms with E-state index < -0.39 is 11.7 Å². The van der Waals surface area contributed by atoms with Crippen molar-refractivity contribution >= 4 is 28.8 Å². The number of benzene rings is 3. The van der Waals surface area contributed by atoms with Crippen molar-refractivity contribution in [1.82, 2.24) is 9.88 Å². The van der Waals surface area contributed by atoms with E-state index >= 15 is 0 Å². The highest BCUT2D eigenvalue weighted by molar-refractivity contribution is 6.05. The number of rotatable bonds is 6. The molecule has 1 fully saturated rings. The molecule has 0 saturated carbocycles. The van der Waals surface area contributed by atoms with E-state index in [2.05, 4.69) is 44.4 Å². The first kappa shape index (κ1) is 24.3. The van der Waals surface area contributed by atoms with Gasteiger partial charge in [-0.05, 0) is 60.2 Å². The molecule has 8 heteroatoms. The molecule has 2 heterocycles. The second-order valence-corrected chi connectivity index (χ2v) is 9.12. The summed E-state index contributed by atoms with van der Waals surface area (Å²) < 4.78 is 14.5. The summed E-state index contributed by atoms with van der Waals surface area (Å²) in [6, 6.07) is 25.7. The SMILES string of the molecule is Nc1ccc(-c2ccc(F)c(C(=O)Nc3ccc(N4CCN(Cc5ccccc5)CC4)cc3)c2)nc1N. The van der Waals surface area contributed by atoms with Crippen molar-refractivity contribution in [3.8, 4) is 11.3 Å². The molecule has 1 aliphatic heterocycles. The van der Waals surface area contributed by atoms with Crippen molar-refractivity contribution < 1.29 is 9.18 Å². The molecular weight excluding hydrogens is 467 g/mol. The smallest absolute Gasteiger partial charge is 0.258 e. The Labute approximate surface area is 215 Å². The summed E-state index contributed by atoms with van der Waals surface area (Å²) in [7, 11) is 0. The predicted molar refractivity (Wildman–Crippen MR) is 147 cm³/mol. The average Bonchev–Trinajstić information content (AvgIpc) is 2.92. The number of nitrogens with two attached hydrogens (primary N) is 2. The molecule has 1 aliphatic rings. The van der Waals surface area contributed by atoms with Crippen molar-refractivity contribution in [3.63, 3.8) is 0 Å². The maximum Gasteiger partial charge on any atom is 0.258 e. The number of aromatic nitrogens is 1. The van der Waals surface area contributed by atoms with Gasteiger partial charge >= 0.3 is 0 Å². The van der Waals surface area contributed by atoms with Crippen LogP contribution in [-0.4, -0.2) is 42.0 Å². The second-order valence-electron chi connectivity index (χ2n) is 9.12. The summed E-state index contributed by atoms with van der Waals surface area (Å²) in [5.41, 5.74) is 15.9. The highest BCUT2D eigenvalue weighted by Gasteiger charge is 2.18. The van der Waals surface area contributed by atoms with Crippen LogP contribution in [0.1, 0.15) is 15.9 Å². The van der Waals surface area contributed by atoms with Crippen LogP contribution >= 0.6 is 0 Å². The van der Waals surface area contributed by atoms with Crippen LogP contribution in [0.15, 0.2) is 84.9 Å². The Morgan fingerprint density at radius 2 is 1.62 bits per heavy atom. The molecule has 0 aliphatic carbocycles. The van der Waals surface area contributed by atoms with Gasteiger partial charge in [-0.15, -0.1) is 0 Å². The number of pyridine rings is 1. The van der Waals surface area contributed by atoms with Crippen LogP contribution in [0.5, 0.6) is 0 Å². The zero-order chi connectivity index (χ0) is 25.8. The minimum atomic E-state index is -0.616. The lowest BCUT2D eigenvalue weighted by Gasteiger charge is -2.36. The van der Waals surface area contributed by atoms with E-state index in [1.165, 1.54) is 17.7 Å². The van der Waals surface area contributed by atoms with Crippen LogP contribution < -0.4 is 21.7 Å². The molecule has 1 amide bonds. The Morgan fingerprint density at radius 3 is 2.32 bits per heavy atom. The van der Waals surface area contributed by atoms with Gasteiger partial charge in [-0.1, -0.05) is 30.3 Å². The summed E-state index contributed by atoms with van der Waals surface area (Å²) in [6.45, 7) is 4.79. The van der Waals surface area contributed by atoms with E-state index in [1.807, 2.05) is 30.3 Å². The minimum Gasteiger partial charge on any atom is -0.396 e. The van der Waals surface area contributed by atoms with Gasteiger partial charge in [0.25, 0.3) is 5.91 Å². The normalized spacial score (nSPS) is 13.9. The van der Waals surface area contributed by atoms with E-state index in [-0.39, 0.29) is 11.4 Å². The molecule has 1 aromatic heterocycles. The first-order chi connectivity index (χ1) is 18.0. The number of nitrogens with one attached hydrogen (secondary N) is 1. The fraction of sp³-hybridized carbons (Fsp3) is 0.172. The van der Waals surface area contributed by atoms with E-state index in [9.17, 15) is 9.18 Å². The summed E-state index contributed by atoms with van der Waals surface area (Å²) in [5.74, 6) is -0.967. The number of hydrogen-bond donors (Lipinski definition) is 3. The summed E-state index contributed by atoms with van der Waals surface area (Å²) in [6.07, 6.45) is 0. The number of nitrogen functional groups attached to an aromatic ring is 2. The molecule has 37 heavy (non-hydrogen) atoms. The summed E-state index contributed by atoms with van der Waals surface area (Å²) >= 11 is 0. The van der Waals surface area contributed by atoms with Crippen molar-refractivity contribution in [3.05, 3.63) is 102 Å². The van der Waals surface area contributed by atoms with Crippen LogP contribution in [0.4, 0.5) is 27.3 Å². The van der Waals surface area contributed by atoms with Gasteiger partial charge < -0.3 is 21.7 Å². The standard InChI is InChI=1S/C29H29FN6O/c30-25-11-6-21(27-13-12-26(31)28(32)34-27)18-24(25)29(37)33-22-7-9-23(10-8-22)36-16-14-35(15-17-36)19-20-4-2-1-3-5-20/h1-13,18H,14-17,19,31H2,(H2,32,34)(H,33,37). The van der Waals surface area contributed by atoms with E-state index in [0.29, 0.717) is 22.6 Å². The zero-order valence-corrected chi connectivity index (χ0v) is 20.4. The average molecular weight is 497 g/mol. The van der Waals surface area contributed by atoms with Gasteiger partial charge in [-0.2, -0.15) is 0 Å². The van der Waals surface area contributed by atoms with E-state index in [4.69, 9.17) is 11.5 Å². The summed E-state index contributed by atoms with van der Waals surface area (Å²) in [5, 5.41) is 2.79. The molecule has 1 saturated heterocycles. The van der Waals surface area contributed by atoms with Crippen LogP contribution in [0, 0.1) is 5.82 Å². The van der Waals surface area contributed by atoms with E-state index in [1.54, 1.807) is 18.2 Å². The Bertz CT molecular complexity index is 1390. The van der Waals surface area contributed by atoms with E-state index in [0.717, 1.165) is 38.4 Å². The molecule has 5 rings (SSSR count). The highest BCUT2D eigenvalue weighted by atomic mass is 19.1. The zero-order valence-electron chi connectivity index (χ0n) is 20.4. The quantitative estimate of drug-likeness (QED) is 0.360. The lowest BCUT2D eigenvalue weighted by molar-refractivity contribution is 0.102. The van der Waals surface area contributed by atoms with Gasteiger partial charge in [0.15, 0.2) is 0 Å². The van der Waals surface area contributed by atoms with Crippen molar-refractivity contribution in [2.75, 3.05) is 47.9 Å². The lowest BCUT2D eigenvalue weighted by Crippen LogP contribution is -2.45. The number of nitrogens with zero attached hydrogens (tertiary/aromatic N) is 3. The number of anilines is 4. The third-order valence-corrected chi connectivity index (χ3v) is 6.58. The predicted octanol–water partition coefficient (Wildman–Crippen LogP) is 4.63. The maximum absolute atomic E-state index is 14.5. The van der Waals surface area contributed by atoms with Gasteiger partial charge in [-0.3, -0.25) is 9.69 Å². The molecule has 3 aromatic carbocycles. The molecule has 5 N–H and O–H groups in total. The number of piperazine rings is 1. The summed E-state index contributed by atoms with van der Waals surface area (Å²) in [4.78, 5) is 21.9. The third kappa shape index (κ3) is 5.70. The Hall–Kier alpha value is -4.43. The van der Waals surface area contributed by atoms with Gasteiger partial charge in [0.2, 0.25) is 0 Å². The lowest BCUT2D eigenvalue weighted by atomic mass is 10.1. The minimum absolute atomic E-state index is 0.0756. The van der Waals surface area contributed by atoms with Crippen LogP contribution in [0.2, 0.25) is 0 Å². The number of halogens is 1. The van der Waals surface area contributed by atoms with Gasteiger partial charge in [0, 0.05) is 49.7 Å². The number of hydrogen-bond acceptors (Lipinski definition) is 6. The Kier molecular flexibility index (Phi) is 7.00. The van der Waals surface area contributed by atoms with Gasteiger partial charge in [0.1, 0.15) is 11.6 Å². The molecule has 188 valence electrons. The largest absolute Gasteiger partial charge is 0.396 e. The van der Waals surface area contributed by atoms with Crippen LogP contribution in [0.3, 0.4) is 0 Å². The molecule has 0 bridgehead atoms. The number of carbonyl (C=O) groups excluding carboxylic acids is 1. The maximum atomic E-state index is 14.5. The molecule has 0 unspecified atom stereocenters. The van der Waals surface area contributed by atoms with Crippen molar-refractivity contribution in [2.24, 2.45) is 0 Å². The second kappa shape index (κ2) is 10.7. The van der Waals surface area contributed by atoms with Crippen LogP contribution in [-0.2, 0) is 6.54 Å². The third-order valence-electron chi connectivity index (χ3n) is 6.58. The van der Waals surface area contributed by atoms with Gasteiger partial charge in [0.05, 0.1) is 16.9 Å². The fourth-order valence-corrected chi connectivity index (χ4v) is 4.46. The molecule has 4 aromatic rings. The molecular formula is C29H29FN6O. The Morgan fingerprint density at radius 1 is 0.892 bits per heavy atom. The topological polar surface area (TPSA) is 101 Å². The Balaban J connectivity index is 1.21. The van der Waals surface area contributed by atoms with Crippen molar-refractivity contribution in [1.29, 1.82) is 0 Å². The number of carbonyl (C=O) groups is 1. The first-order valence-electron chi connectivity index (χ1n) is 12.2. The highest BCUT2D eigenvalue weighted by Crippen LogP contribution is 2.25. The van der Waals surface area contributed by atoms with Gasteiger partial charge in [-0.25, -0.2) is 9.37 Å².